The number of aliphatic hydroxyl groups excluding tert-OH is 1. The van der Waals surface area contributed by atoms with E-state index in [1.54, 1.807) is 13.8 Å². The summed E-state index contributed by atoms with van der Waals surface area (Å²) in [6.07, 6.45) is -1.42. The first-order chi connectivity index (χ1) is 6.11. The van der Waals surface area contributed by atoms with Crippen LogP contribution in [0.1, 0.15) is 20.3 Å². The maximum Gasteiger partial charge on any atom is 0.249 e. The number of hydrogen-bond acceptors (Lipinski definition) is 3. The number of rotatable bonds is 5. The van der Waals surface area contributed by atoms with Crippen LogP contribution >= 0.6 is 0 Å². The first kappa shape index (κ1) is 11.9. The number of nitrogens with one attached hydrogen (secondary N) is 2. The second-order valence-electron chi connectivity index (χ2n) is 2.57. The van der Waals surface area contributed by atoms with Crippen LogP contribution in [-0.4, -0.2) is 36.1 Å². The van der Waals surface area contributed by atoms with Gasteiger partial charge in [-0.2, -0.15) is 0 Å². The van der Waals surface area contributed by atoms with Crippen molar-refractivity contribution in [2.24, 2.45) is 0 Å². The van der Waals surface area contributed by atoms with Gasteiger partial charge in [0.15, 0.2) is 0 Å². The molecule has 0 saturated heterocycles. The van der Waals surface area contributed by atoms with Gasteiger partial charge in [0.2, 0.25) is 11.8 Å². The molecule has 0 unspecified atom stereocenters. The van der Waals surface area contributed by atoms with Gasteiger partial charge in [-0.1, -0.05) is 0 Å². The molecule has 0 aliphatic carbocycles. The highest BCUT2D eigenvalue weighted by Gasteiger charge is 2.17. The molecule has 0 fully saturated rings. The molecule has 0 spiro atoms. The molecule has 0 heterocycles. The molecule has 2 amide bonds. The highest BCUT2D eigenvalue weighted by atomic mass is 16.3. The lowest BCUT2D eigenvalue weighted by molar-refractivity contribution is -0.134. The van der Waals surface area contributed by atoms with Crippen molar-refractivity contribution < 1.29 is 14.7 Å². The molecule has 76 valence electrons. The molecule has 1 atom stereocenters. The molecule has 0 radical (unpaired) electrons. The van der Waals surface area contributed by atoms with Crippen molar-refractivity contribution in [3.8, 4) is 0 Å². The smallest absolute Gasteiger partial charge is 0.249 e. The van der Waals surface area contributed by atoms with Gasteiger partial charge in [0, 0.05) is 13.1 Å². The van der Waals surface area contributed by atoms with Gasteiger partial charge >= 0.3 is 0 Å². The van der Waals surface area contributed by atoms with Crippen LogP contribution in [0.4, 0.5) is 0 Å². The van der Waals surface area contributed by atoms with Crippen molar-refractivity contribution in [2.75, 3.05) is 13.1 Å². The van der Waals surface area contributed by atoms with Gasteiger partial charge in [-0.3, -0.25) is 9.59 Å². The molecule has 0 aromatic carbocycles. The minimum Gasteiger partial charge on any atom is -0.383 e. The number of aliphatic hydroxyl groups is 1. The fraction of sp³-hybridized carbons (Fsp3) is 0.750. The third-order valence-electron chi connectivity index (χ3n) is 1.41. The molecule has 0 aliphatic rings. The minimum atomic E-state index is -1.24. The third kappa shape index (κ3) is 5.19. The van der Waals surface area contributed by atoms with Crippen molar-refractivity contribution in [1.29, 1.82) is 0 Å². The molecule has 0 aliphatic heterocycles. The molecule has 0 rings (SSSR count). The number of likely N-dealkylation sites (N-methyl/N-ethyl adjacent to an activating group) is 1. The summed E-state index contributed by atoms with van der Waals surface area (Å²) in [5, 5.41) is 14.1. The van der Waals surface area contributed by atoms with Crippen molar-refractivity contribution in [2.45, 2.75) is 26.4 Å². The first-order valence-electron chi connectivity index (χ1n) is 4.34. The average Bonchev–Trinajstić information content (AvgIpc) is 2.05. The van der Waals surface area contributed by atoms with Gasteiger partial charge in [-0.25, -0.2) is 0 Å². The predicted octanol–water partition coefficient (Wildman–Crippen LogP) is -0.990. The van der Waals surface area contributed by atoms with Crippen LogP contribution in [-0.2, 0) is 9.59 Å². The highest BCUT2D eigenvalue weighted by Crippen LogP contribution is 1.91. The topological polar surface area (TPSA) is 78.4 Å². The maximum atomic E-state index is 10.9. The second kappa shape index (κ2) is 6.42. The zero-order chi connectivity index (χ0) is 10.3. The van der Waals surface area contributed by atoms with E-state index in [4.69, 9.17) is 0 Å². The zero-order valence-electron chi connectivity index (χ0n) is 7.96. The Labute approximate surface area is 77.5 Å². The Hall–Kier alpha value is -1.10. The Morgan fingerprint density at radius 1 is 1.23 bits per heavy atom. The van der Waals surface area contributed by atoms with Crippen LogP contribution in [0, 0.1) is 0 Å². The molecule has 0 aromatic rings. The van der Waals surface area contributed by atoms with Gasteiger partial charge in [0.05, 0.1) is 6.42 Å². The Morgan fingerprint density at radius 2 is 1.77 bits per heavy atom. The number of carbonyl (C=O) groups is 2. The van der Waals surface area contributed by atoms with Crippen LogP contribution in [0.2, 0.25) is 0 Å². The molecule has 0 aromatic heterocycles. The van der Waals surface area contributed by atoms with Crippen molar-refractivity contribution >= 4 is 11.8 Å². The first-order valence-corrected chi connectivity index (χ1v) is 4.34. The molecule has 5 heteroatoms. The Morgan fingerprint density at radius 3 is 2.23 bits per heavy atom. The summed E-state index contributed by atoms with van der Waals surface area (Å²) in [5.41, 5.74) is 0. The van der Waals surface area contributed by atoms with Crippen LogP contribution < -0.4 is 10.6 Å². The molecule has 5 nitrogen and oxygen atoms in total. The number of hydrogen-bond donors (Lipinski definition) is 3. The zero-order valence-corrected chi connectivity index (χ0v) is 7.96. The standard InChI is InChI=1S/C8H16N2O3/c1-3-9-7(12)5-6(11)8(13)10-4-2/h6,11H,3-5H2,1-2H3,(H,9,12)(H,10,13)/t6-/m0/s1. The SMILES string of the molecule is CCNC(=O)C[C@H](O)C(=O)NCC. The number of carbonyl (C=O) groups excluding carboxylic acids is 2. The average molecular weight is 188 g/mol. The molecular weight excluding hydrogens is 172 g/mol. The summed E-state index contributed by atoms with van der Waals surface area (Å²) in [6, 6.07) is 0. The van der Waals surface area contributed by atoms with Crippen molar-refractivity contribution in [1.82, 2.24) is 10.6 Å². The van der Waals surface area contributed by atoms with Gasteiger partial charge in [0.1, 0.15) is 6.10 Å². The summed E-state index contributed by atoms with van der Waals surface area (Å²) in [4.78, 5) is 21.9. The van der Waals surface area contributed by atoms with E-state index in [2.05, 4.69) is 10.6 Å². The van der Waals surface area contributed by atoms with E-state index in [0.29, 0.717) is 13.1 Å². The third-order valence-corrected chi connectivity index (χ3v) is 1.41. The summed E-state index contributed by atoms with van der Waals surface area (Å²) >= 11 is 0. The van der Waals surface area contributed by atoms with E-state index in [0.717, 1.165) is 0 Å². The van der Waals surface area contributed by atoms with Crippen molar-refractivity contribution in [3.63, 3.8) is 0 Å². The lowest BCUT2D eigenvalue weighted by Crippen LogP contribution is -2.38. The number of amides is 2. The molecule has 0 saturated carbocycles. The summed E-state index contributed by atoms with van der Waals surface area (Å²) < 4.78 is 0. The molecule has 13 heavy (non-hydrogen) atoms. The summed E-state index contributed by atoms with van der Waals surface area (Å²) in [7, 11) is 0. The van der Waals surface area contributed by atoms with E-state index in [1.807, 2.05) is 0 Å². The van der Waals surface area contributed by atoms with E-state index >= 15 is 0 Å². The van der Waals surface area contributed by atoms with E-state index in [9.17, 15) is 14.7 Å². The lowest BCUT2D eigenvalue weighted by atomic mass is 10.2. The van der Waals surface area contributed by atoms with Gasteiger partial charge in [-0.05, 0) is 13.8 Å². The van der Waals surface area contributed by atoms with Crippen LogP contribution in [0.5, 0.6) is 0 Å². The normalized spacial score (nSPS) is 11.9. The Kier molecular flexibility index (Phi) is 5.88. The van der Waals surface area contributed by atoms with Crippen LogP contribution in [0.3, 0.4) is 0 Å². The monoisotopic (exact) mass is 188 g/mol. The van der Waals surface area contributed by atoms with Gasteiger partial charge in [0.25, 0.3) is 0 Å². The van der Waals surface area contributed by atoms with E-state index in [1.165, 1.54) is 0 Å². The second-order valence-corrected chi connectivity index (χ2v) is 2.57. The fourth-order valence-corrected chi connectivity index (χ4v) is 0.830. The van der Waals surface area contributed by atoms with Gasteiger partial charge < -0.3 is 15.7 Å². The Balaban J connectivity index is 3.78. The lowest BCUT2D eigenvalue weighted by Gasteiger charge is -2.09. The molecule has 3 N–H and O–H groups in total. The molecular formula is C8H16N2O3. The summed E-state index contributed by atoms with van der Waals surface area (Å²) in [5.74, 6) is -0.824. The van der Waals surface area contributed by atoms with Crippen LogP contribution in [0.15, 0.2) is 0 Å². The minimum absolute atomic E-state index is 0.181. The van der Waals surface area contributed by atoms with Crippen molar-refractivity contribution in [3.05, 3.63) is 0 Å². The largest absolute Gasteiger partial charge is 0.383 e. The van der Waals surface area contributed by atoms with Crippen LogP contribution in [0.25, 0.3) is 0 Å². The van der Waals surface area contributed by atoms with E-state index < -0.39 is 12.0 Å². The maximum absolute atomic E-state index is 10.9. The van der Waals surface area contributed by atoms with Gasteiger partial charge in [-0.15, -0.1) is 0 Å². The Bertz CT molecular complexity index is 182. The highest BCUT2D eigenvalue weighted by molar-refractivity contribution is 5.87. The van der Waals surface area contributed by atoms with E-state index in [-0.39, 0.29) is 12.3 Å². The predicted molar refractivity (Wildman–Crippen MR) is 48.0 cm³/mol. The molecule has 0 bridgehead atoms. The quantitative estimate of drug-likeness (QED) is 0.518. The summed E-state index contributed by atoms with van der Waals surface area (Å²) in [6.45, 7) is 4.47. The fourth-order valence-electron chi connectivity index (χ4n) is 0.830.